The number of carboxylic acid groups (broad SMARTS) is 1. The minimum atomic E-state index is -1.16. The second kappa shape index (κ2) is 6.36. The van der Waals surface area contributed by atoms with E-state index in [0.29, 0.717) is 10.2 Å². The molecule has 0 spiro atoms. The summed E-state index contributed by atoms with van der Waals surface area (Å²) < 4.78 is 13.2. The molecule has 0 aromatic heterocycles. The van der Waals surface area contributed by atoms with E-state index in [2.05, 4.69) is 26.6 Å². The van der Waals surface area contributed by atoms with E-state index in [1.165, 1.54) is 30.3 Å². The van der Waals surface area contributed by atoms with E-state index in [1.54, 1.807) is 12.1 Å². The van der Waals surface area contributed by atoms with Crippen molar-refractivity contribution < 1.29 is 19.1 Å². The van der Waals surface area contributed by atoms with Crippen LogP contribution in [-0.2, 0) is 0 Å². The fourth-order valence-electron chi connectivity index (χ4n) is 1.64. The number of carboxylic acids is 1. The van der Waals surface area contributed by atoms with Gasteiger partial charge in [0.2, 0.25) is 0 Å². The van der Waals surface area contributed by atoms with Gasteiger partial charge in [0.1, 0.15) is 5.82 Å². The Morgan fingerprint density at radius 2 is 1.71 bits per heavy atom. The molecule has 0 radical (unpaired) electrons. The zero-order chi connectivity index (χ0) is 15.4. The molecule has 3 N–H and O–H groups in total. The van der Waals surface area contributed by atoms with Crippen molar-refractivity contribution in [3.63, 3.8) is 0 Å². The minimum absolute atomic E-state index is 0.0429. The van der Waals surface area contributed by atoms with Gasteiger partial charge in [0.25, 0.3) is 0 Å². The Balaban J connectivity index is 2.16. The van der Waals surface area contributed by atoms with Crippen molar-refractivity contribution in [2.75, 3.05) is 10.6 Å². The van der Waals surface area contributed by atoms with E-state index >= 15 is 0 Å². The summed E-state index contributed by atoms with van der Waals surface area (Å²) in [5.41, 5.74) is 0.487. The third kappa shape index (κ3) is 3.79. The standard InChI is InChI=1S/C14H10BrFN2O3/c15-11-3-1-2-10(13(19)20)12(11)18-14(21)17-9-6-4-8(16)5-7-9/h1-7H,(H,19,20)(H2,17,18,21). The average Bonchev–Trinajstić information content (AvgIpc) is 2.43. The smallest absolute Gasteiger partial charge is 0.337 e. The summed E-state index contributed by atoms with van der Waals surface area (Å²) in [5, 5.41) is 14.0. The highest BCUT2D eigenvalue weighted by molar-refractivity contribution is 9.10. The Morgan fingerprint density at radius 3 is 2.33 bits per heavy atom. The van der Waals surface area contributed by atoms with E-state index < -0.39 is 17.8 Å². The molecule has 0 aliphatic carbocycles. The summed E-state index contributed by atoms with van der Waals surface area (Å²) in [7, 11) is 0. The van der Waals surface area contributed by atoms with Crippen molar-refractivity contribution in [3.05, 3.63) is 58.3 Å². The van der Waals surface area contributed by atoms with Gasteiger partial charge in [-0.15, -0.1) is 0 Å². The fraction of sp³-hybridized carbons (Fsp3) is 0. The molecule has 0 fully saturated rings. The molecule has 0 aliphatic rings. The van der Waals surface area contributed by atoms with Crippen LogP contribution in [0, 0.1) is 5.82 Å². The number of carbonyl (C=O) groups excluding carboxylic acids is 1. The number of rotatable bonds is 3. The summed E-state index contributed by atoms with van der Waals surface area (Å²) in [4.78, 5) is 23.0. The largest absolute Gasteiger partial charge is 0.478 e. The number of urea groups is 1. The van der Waals surface area contributed by atoms with E-state index in [0.717, 1.165) is 0 Å². The Hall–Kier alpha value is -2.41. The van der Waals surface area contributed by atoms with Crippen molar-refractivity contribution in [1.29, 1.82) is 0 Å². The van der Waals surface area contributed by atoms with Crippen molar-refractivity contribution in [1.82, 2.24) is 0 Å². The Labute approximate surface area is 127 Å². The molecule has 2 rings (SSSR count). The van der Waals surface area contributed by atoms with Gasteiger partial charge in [0.15, 0.2) is 0 Å². The van der Waals surface area contributed by atoms with Gasteiger partial charge in [-0.2, -0.15) is 0 Å². The number of carbonyl (C=O) groups is 2. The SMILES string of the molecule is O=C(Nc1ccc(F)cc1)Nc1c(Br)cccc1C(=O)O. The van der Waals surface area contributed by atoms with Crippen LogP contribution in [0.4, 0.5) is 20.6 Å². The lowest BCUT2D eigenvalue weighted by atomic mass is 10.2. The van der Waals surface area contributed by atoms with Gasteiger partial charge >= 0.3 is 12.0 Å². The molecule has 0 saturated carbocycles. The van der Waals surface area contributed by atoms with Crippen LogP contribution in [0.15, 0.2) is 46.9 Å². The lowest BCUT2D eigenvalue weighted by molar-refractivity contribution is 0.0698. The van der Waals surface area contributed by atoms with Gasteiger partial charge in [-0.05, 0) is 52.3 Å². The molecular weight excluding hydrogens is 343 g/mol. The molecule has 0 bridgehead atoms. The number of para-hydroxylation sites is 1. The molecule has 0 unspecified atom stereocenters. The van der Waals surface area contributed by atoms with Gasteiger partial charge in [0, 0.05) is 10.2 Å². The minimum Gasteiger partial charge on any atom is -0.478 e. The normalized spacial score (nSPS) is 10.0. The third-order valence-electron chi connectivity index (χ3n) is 2.58. The summed E-state index contributed by atoms with van der Waals surface area (Å²) >= 11 is 3.18. The molecule has 21 heavy (non-hydrogen) atoms. The number of hydrogen-bond donors (Lipinski definition) is 3. The van der Waals surface area contributed by atoms with Gasteiger partial charge in [-0.25, -0.2) is 14.0 Å². The van der Waals surface area contributed by atoms with Crippen LogP contribution in [0.3, 0.4) is 0 Å². The molecular formula is C14H10BrFN2O3. The number of benzene rings is 2. The predicted octanol–water partition coefficient (Wildman–Crippen LogP) is 3.93. The molecule has 0 heterocycles. The van der Waals surface area contributed by atoms with Crippen LogP contribution in [0.25, 0.3) is 0 Å². The van der Waals surface area contributed by atoms with Crippen LogP contribution >= 0.6 is 15.9 Å². The first-order valence-electron chi connectivity index (χ1n) is 5.83. The Kier molecular flexibility index (Phi) is 4.54. The first-order chi connectivity index (χ1) is 9.97. The molecule has 5 nitrogen and oxygen atoms in total. The van der Waals surface area contributed by atoms with E-state index in [4.69, 9.17) is 5.11 Å². The third-order valence-corrected chi connectivity index (χ3v) is 3.25. The monoisotopic (exact) mass is 352 g/mol. The molecule has 0 saturated heterocycles. The Bertz CT molecular complexity index is 689. The molecule has 0 aliphatic heterocycles. The number of halogens is 2. The van der Waals surface area contributed by atoms with E-state index in [1.807, 2.05) is 0 Å². The first-order valence-corrected chi connectivity index (χ1v) is 6.62. The van der Waals surface area contributed by atoms with Gasteiger partial charge in [-0.1, -0.05) is 6.07 Å². The highest BCUT2D eigenvalue weighted by Crippen LogP contribution is 2.26. The lowest BCUT2D eigenvalue weighted by Gasteiger charge is -2.11. The highest BCUT2D eigenvalue weighted by Gasteiger charge is 2.15. The van der Waals surface area contributed by atoms with Crippen molar-refractivity contribution in [2.24, 2.45) is 0 Å². The predicted molar refractivity (Wildman–Crippen MR) is 80.1 cm³/mol. The summed E-state index contributed by atoms with van der Waals surface area (Å²) in [6.07, 6.45) is 0. The number of anilines is 2. The summed E-state index contributed by atoms with van der Waals surface area (Å²) in [5.74, 6) is -1.58. The van der Waals surface area contributed by atoms with Crippen LogP contribution in [0.2, 0.25) is 0 Å². The highest BCUT2D eigenvalue weighted by atomic mass is 79.9. The lowest BCUT2D eigenvalue weighted by Crippen LogP contribution is -2.21. The zero-order valence-corrected chi connectivity index (χ0v) is 12.1. The second-order valence-corrected chi connectivity index (χ2v) is 4.91. The number of aromatic carboxylic acids is 1. The maximum absolute atomic E-state index is 12.8. The first kappa shape index (κ1) is 15.0. The molecule has 2 amide bonds. The maximum atomic E-state index is 12.8. The fourth-order valence-corrected chi connectivity index (χ4v) is 2.10. The average molecular weight is 353 g/mol. The second-order valence-electron chi connectivity index (χ2n) is 4.05. The van der Waals surface area contributed by atoms with Gasteiger partial charge in [-0.3, -0.25) is 0 Å². The van der Waals surface area contributed by atoms with Gasteiger partial charge in [0.05, 0.1) is 11.3 Å². The molecule has 108 valence electrons. The van der Waals surface area contributed by atoms with Crippen LogP contribution in [-0.4, -0.2) is 17.1 Å². The molecule has 7 heteroatoms. The zero-order valence-electron chi connectivity index (χ0n) is 10.6. The quantitative estimate of drug-likeness (QED) is 0.782. The van der Waals surface area contributed by atoms with E-state index in [-0.39, 0.29) is 11.3 Å². The van der Waals surface area contributed by atoms with E-state index in [9.17, 15) is 14.0 Å². The number of amides is 2. The number of nitrogens with one attached hydrogen (secondary N) is 2. The van der Waals surface area contributed by atoms with Gasteiger partial charge < -0.3 is 15.7 Å². The maximum Gasteiger partial charge on any atom is 0.337 e. The summed E-state index contributed by atoms with van der Waals surface area (Å²) in [6, 6.07) is 9.11. The summed E-state index contributed by atoms with van der Waals surface area (Å²) in [6.45, 7) is 0. The van der Waals surface area contributed by atoms with Crippen LogP contribution < -0.4 is 10.6 Å². The topological polar surface area (TPSA) is 78.4 Å². The van der Waals surface area contributed by atoms with Crippen molar-refractivity contribution in [3.8, 4) is 0 Å². The van der Waals surface area contributed by atoms with Crippen molar-refractivity contribution in [2.45, 2.75) is 0 Å². The molecule has 2 aromatic carbocycles. The number of hydrogen-bond acceptors (Lipinski definition) is 2. The van der Waals surface area contributed by atoms with Crippen LogP contribution in [0.1, 0.15) is 10.4 Å². The molecule has 0 atom stereocenters. The molecule has 2 aromatic rings. The van der Waals surface area contributed by atoms with Crippen LogP contribution in [0.5, 0.6) is 0 Å². The Morgan fingerprint density at radius 1 is 1.05 bits per heavy atom. The van der Waals surface area contributed by atoms with Crippen molar-refractivity contribution >= 4 is 39.3 Å².